The van der Waals surface area contributed by atoms with E-state index in [2.05, 4.69) is 32.5 Å². The van der Waals surface area contributed by atoms with Crippen molar-refractivity contribution >= 4 is 33.6 Å². The number of amides is 1. The van der Waals surface area contributed by atoms with Crippen LogP contribution in [0.3, 0.4) is 0 Å². The van der Waals surface area contributed by atoms with Crippen LogP contribution in [-0.4, -0.2) is 24.2 Å². The largest absolute Gasteiger partial charge is 0.490 e. The Hall–Kier alpha value is -2.73. The zero-order valence-corrected chi connectivity index (χ0v) is 15.4. The van der Waals surface area contributed by atoms with Crippen molar-refractivity contribution in [2.75, 3.05) is 6.61 Å². The minimum Gasteiger partial charge on any atom is -0.490 e. The lowest BCUT2D eigenvalue weighted by molar-refractivity contribution is -0.120. The Kier molecular flexibility index (Phi) is 4.42. The summed E-state index contributed by atoms with van der Waals surface area (Å²) < 4.78 is 12.4. The topological polar surface area (TPSA) is 60.2 Å². The average Bonchev–Trinajstić information content (AvgIpc) is 2.65. The number of amidine groups is 1. The van der Waals surface area contributed by atoms with Crippen molar-refractivity contribution in [3.05, 3.63) is 70.7 Å². The number of ether oxygens (including phenoxy) is 2. The second-order valence-electron chi connectivity index (χ2n) is 5.96. The van der Waals surface area contributed by atoms with E-state index < -0.39 is 5.92 Å². The predicted octanol–water partition coefficient (Wildman–Crippen LogP) is 3.95. The summed E-state index contributed by atoms with van der Waals surface area (Å²) in [5, 5.41) is 0. The van der Waals surface area contributed by atoms with Crippen molar-refractivity contribution in [3.63, 3.8) is 0 Å². The van der Waals surface area contributed by atoms with E-state index in [1.165, 1.54) is 0 Å². The van der Waals surface area contributed by atoms with E-state index >= 15 is 0 Å². The normalized spacial score (nSPS) is 18.0. The van der Waals surface area contributed by atoms with Gasteiger partial charge in [-0.15, -0.1) is 0 Å². The van der Waals surface area contributed by atoms with Crippen molar-refractivity contribution < 1.29 is 14.3 Å². The van der Waals surface area contributed by atoms with Gasteiger partial charge in [-0.25, -0.2) is 0 Å². The molecule has 0 N–H and O–H groups in total. The zero-order chi connectivity index (χ0) is 18.1. The van der Waals surface area contributed by atoms with Gasteiger partial charge >= 0.3 is 0 Å². The van der Waals surface area contributed by atoms with Crippen molar-refractivity contribution in [1.82, 2.24) is 0 Å². The fourth-order valence-corrected chi connectivity index (χ4v) is 3.32. The summed E-state index contributed by atoms with van der Waals surface area (Å²) in [6, 6.07) is 13.0. The van der Waals surface area contributed by atoms with Gasteiger partial charge in [0.05, 0.1) is 0 Å². The lowest BCUT2D eigenvalue weighted by Crippen LogP contribution is -2.37. The van der Waals surface area contributed by atoms with Gasteiger partial charge in [0, 0.05) is 10.0 Å². The maximum absolute atomic E-state index is 12.6. The Morgan fingerprint density at radius 2 is 2.15 bits per heavy atom. The number of nitrogens with zero attached hydrogens (tertiary/aromatic N) is 2. The molecule has 2 aliphatic heterocycles. The summed E-state index contributed by atoms with van der Waals surface area (Å²) in [5.41, 5.74) is 1.67. The molecule has 130 valence electrons. The summed E-state index contributed by atoms with van der Waals surface area (Å²) >= 11 is 3.44. The summed E-state index contributed by atoms with van der Waals surface area (Å²) in [7, 11) is 0. The third kappa shape index (κ3) is 3.20. The summed E-state index contributed by atoms with van der Waals surface area (Å²) in [6.07, 6.45) is 2.20. The minimum atomic E-state index is -0.472. The van der Waals surface area contributed by atoms with Crippen LogP contribution in [0.15, 0.2) is 69.6 Å². The molecule has 4 rings (SSSR count). The maximum atomic E-state index is 12.6. The molecule has 0 spiro atoms. The highest BCUT2D eigenvalue weighted by Gasteiger charge is 2.36. The van der Waals surface area contributed by atoms with E-state index in [4.69, 9.17) is 9.47 Å². The van der Waals surface area contributed by atoms with Gasteiger partial charge in [0.15, 0.2) is 5.84 Å². The van der Waals surface area contributed by atoms with Crippen LogP contribution in [0.2, 0.25) is 0 Å². The zero-order valence-electron chi connectivity index (χ0n) is 13.8. The van der Waals surface area contributed by atoms with Crippen molar-refractivity contribution in [2.24, 2.45) is 15.9 Å². The number of rotatable bonds is 4. The molecule has 0 aliphatic carbocycles. The molecular weight excluding hydrogens is 396 g/mol. The molecule has 2 heterocycles. The molecule has 0 saturated carbocycles. The number of carbonyl (C=O) groups excluding carboxylic acids is 1. The predicted molar refractivity (Wildman–Crippen MR) is 103 cm³/mol. The summed E-state index contributed by atoms with van der Waals surface area (Å²) in [6.45, 7) is 4.04. The van der Waals surface area contributed by atoms with Crippen molar-refractivity contribution in [3.8, 4) is 11.5 Å². The number of aliphatic imine (C=N–C) groups is 2. The first-order valence-electron chi connectivity index (χ1n) is 8.15. The molecule has 2 aliphatic rings. The Balaban J connectivity index is 1.66. The molecule has 2 aromatic carbocycles. The molecule has 0 aromatic heterocycles. The van der Waals surface area contributed by atoms with Crippen LogP contribution in [-0.2, 0) is 11.2 Å². The molecule has 0 saturated heterocycles. The van der Waals surface area contributed by atoms with Gasteiger partial charge in [-0.05, 0) is 42.3 Å². The van der Waals surface area contributed by atoms with Crippen LogP contribution < -0.4 is 9.47 Å². The van der Waals surface area contributed by atoms with Gasteiger partial charge in [0.25, 0.3) is 5.91 Å². The minimum absolute atomic E-state index is 0.243. The van der Waals surface area contributed by atoms with Crippen LogP contribution in [0, 0.1) is 5.92 Å². The van der Waals surface area contributed by atoms with Gasteiger partial charge < -0.3 is 9.47 Å². The molecule has 1 unspecified atom stereocenters. The molecule has 1 atom stereocenters. The number of hydrogen-bond acceptors (Lipinski definition) is 4. The highest BCUT2D eigenvalue weighted by molar-refractivity contribution is 9.10. The smallest absolute Gasteiger partial charge is 0.260 e. The molecule has 0 radical (unpaired) electrons. The number of fused-ring (bicyclic) bond motifs is 2. The number of halogens is 1. The second kappa shape index (κ2) is 6.88. The van der Waals surface area contributed by atoms with Crippen molar-refractivity contribution in [2.45, 2.75) is 6.42 Å². The molecular formula is C20H15BrN2O3. The highest BCUT2D eigenvalue weighted by Crippen LogP contribution is 2.33. The Bertz CT molecular complexity index is 965. The van der Waals surface area contributed by atoms with Gasteiger partial charge in [-0.2, -0.15) is 9.98 Å². The van der Waals surface area contributed by atoms with E-state index in [9.17, 15) is 4.79 Å². The fraction of sp³-hybridized carbons (Fsp3) is 0.150. The van der Waals surface area contributed by atoms with Gasteiger partial charge in [-0.1, -0.05) is 40.7 Å². The Morgan fingerprint density at radius 3 is 3.00 bits per heavy atom. The molecule has 1 amide bonds. The van der Waals surface area contributed by atoms with Crippen LogP contribution >= 0.6 is 15.9 Å². The average molecular weight is 411 g/mol. The Morgan fingerprint density at radius 1 is 1.27 bits per heavy atom. The third-order valence-electron chi connectivity index (χ3n) is 4.15. The van der Waals surface area contributed by atoms with Gasteiger partial charge in [0.2, 0.25) is 5.90 Å². The molecule has 5 nitrogen and oxygen atoms in total. The summed E-state index contributed by atoms with van der Waals surface area (Å²) in [5.74, 6) is 1.41. The molecule has 0 fully saturated rings. The molecule has 0 bridgehead atoms. The Labute approximate surface area is 159 Å². The highest BCUT2D eigenvalue weighted by atomic mass is 79.9. The standard InChI is InChI=1S/C20H15BrN2O3/c1-2-8-25-15-5-3-4-12(10-15)18-22-19(24)16-11-13-9-14(21)6-7-17(13)26-20(16)23-18/h2-7,9-10,16H,1,8,11H2. The summed E-state index contributed by atoms with van der Waals surface area (Å²) in [4.78, 5) is 21.2. The first-order valence-corrected chi connectivity index (χ1v) is 8.95. The number of hydrogen-bond donors (Lipinski definition) is 0. The third-order valence-corrected chi connectivity index (χ3v) is 4.64. The first-order chi connectivity index (χ1) is 12.6. The van der Waals surface area contributed by atoms with Crippen LogP contribution in [0.25, 0.3) is 0 Å². The molecule has 2 aromatic rings. The number of benzene rings is 2. The SMILES string of the molecule is C=CCOc1cccc(C2=NC(=O)C3Cc4cc(Br)ccc4OC3=N2)c1. The van der Waals surface area contributed by atoms with Gasteiger partial charge in [0.1, 0.15) is 24.0 Å². The number of carbonyl (C=O) groups is 1. The van der Waals surface area contributed by atoms with E-state index in [-0.39, 0.29) is 5.91 Å². The first kappa shape index (κ1) is 16.7. The molecule has 6 heteroatoms. The van der Waals surface area contributed by atoms with E-state index in [1.54, 1.807) is 12.1 Å². The lowest BCUT2D eigenvalue weighted by atomic mass is 9.94. The molecule has 26 heavy (non-hydrogen) atoms. The lowest BCUT2D eigenvalue weighted by Gasteiger charge is -2.27. The van der Waals surface area contributed by atoms with Crippen LogP contribution in [0.5, 0.6) is 11.5 Å². The van der Waals surface area contributed by atoms with Crippen molar-refractivity contribution in [1.29, 1.82) is 0 Å². The second-order valence-corrected chi connectivity index (χ2v) is 6.88. The quantitative estimate of drug-likeness (QED) is 0.716. The fourth-order valence-electron chi connectivity index (χ4n) is 2.91. The van der Waals surface area contributed by atoms with E-state index in [0.29, 0.717) is 36.1 Å². The van der Waals surface area contributed by atoms with Gasteiger partial charge in [-0.3, -0.25) is 4.79 Å². The van der Waals surface area contributed by atoms with E-state index in [1.807, 2.05) is 36.4 Å². The monoisotopic (exact) mass is 410 g/mol. The van der Waals surface area contributed by atoms with Crippen LogP contribution in [0.1, 0.15) is 11.1 Å². The maximum Gasteiger partial charge on any atom is 0.260 e. The van der Waals surface area contributed by atoms with Crippen LogP contribution in [0.4, 0.5) is 0 Å². The van der Waals surface area contributed by atoms with E-state index in [0.717, 1.165) is 15.8 Å².